The molecule has 2 nitrogen and oxygen atoms in total. The monoisotopic (exact) mass is 165 g/mol. The largest absolute Gasteiger partial charge is 0.371 e. The van der Waals surface area contributed by atoms with E-state index in [0.29, 0.717) is 0 Å². The van der Waals surface area contributed by atoms with Crippen molar-refractivity contribution >= 4 is 0 Å². The lowest BCUT2D eigenvalue weighted by Gasteiger charge is -2.15. The van der Waals surface area contributed by atoms with Gasteiger partial charge in [-0.1, -0.05) is 6.07 Å². The summed E-state index contributed by atoms with van der Waals surface area (Å²) in [6.07, 6.45) is 4.01. The summed E-state index contributed by atoms with van der Waals surface area (Å²) in [4.78, 5) is 4.03. The average molecular weight is 165 g/mol. The summed E-state index contributed by atoms with van der Waals surface area (Å²) < 4.78 is 5.60. The fourth-order valence-electron chi connectivity index (χ4n) is 1.10. The molecule has 2 heteroatoms. The maximum absolute atomic E-state index is 5.60. The normalized spacial score (nSPS) is 13.3. The highest BCUT2D eigenvalue weighted by molar-refractivity contribution is 5.11. The van der Waals surface area contributed by atoms with E-state index in [0.717, 1.165) is 5.56 Å². The van der Waals surface area contributed by atoms with Crippen LogP contribution in [0.2, 0.25) is 0 Å². The summed E-state index contributed by atoms with van der Waals surface area (Å²) in [6.45, 7) is 6.11. The molecule has 0 saturated heterocycles. The van der Waals surface area contributed by atoms with Gasteiger partial charge in [0.15, 0.2) is 0 Å². The molecule has 0 amide bonds. The van der Waals surface area contributed by atoms with Crippen LogP contribution in [0, 0.1) is 0 Å². The Balaban J connectivity index is 2.59. The Hall–Kier alpha value is -0.890. The zero-order valence-corrected chi connectivity index (χ0v) is 7.82. The number of aromatic nitrogens is 1. The van der Waals surface area contributed by atoms with Gasteiger partial charge in [0.2, 0.25) is 0 Å². The molecule has 0 fully saturated rings. The topological polar surface area (TPSA) is 22.1 Å². The molecule has 0 aliphatic heterocycles. The minimum atomic E-state index is 0.138. The molecule has 0 aliphatic carbocycles. The molecule has 1 aromatic rings. The van der Waals surface area contributed by atoms with Crippen LogP contribution in [0.4, 0.5) is 0 Å². The van der Waals surface area contributed by atoms with E-state index in [2.05, 4.69) is 4.98 Å². The fraction of sp³-hybridized carbons (Fsp3) is 0.500. The van der Waals surface area contributed by atoms with Gasteiger partial charge in [0.05, 0.1) is 12.2 Å². The van der Waals surface area contributed by atoms with Crippen LogP contribution in [0.5, 0.6) is 0 Å². The van der Waals surface area contributed by atoms with Crippen LogP contribution in [-0.4, -0.2) is 11.1 Å². The molecule has 0 saturated carbocycles. The van der Waals surface area contributed by atoms with E-state index >= 15 is 0 Å². The standard InChI is InChI=1S/C10H15NO/c1-8(2)12-9(3)10-5-4-6-11-7-10/h4-9H,1-3H3/t9-/m0/s1. The van der Waals surface area contributed by atoms with E-state index in [9.17, 15) is 0 Å². The van der Waals surface area contributed by atoms with Crippen molar-refractivity contribution in [2.24, 2.45) is 0 Å². The van der Waals surface area contributed by atoms with Crippen molar-refractivity contribution in [1.82, 2.24) is 4.98 Å². The minimum absolute atomic E-state index is 0.138. The van der Waals surface area contributed by atoms with Gasteiger partial charge in [-0.25, -0.2) is 0 Å². The second kappa shape index (κ2) is 4.21. The molecule has 0 bridgehead atoms. The van der Waals surface area contributed by atoms with E-state index in [-0.39, 0.29) is 12.2 Å². The third kappa shape index (κ3) is 2.62. The summed E-state index contributed by atoms with van der Waals surface area (Å²) in [5.74, 6) is 0. The Morgan fingerprint density at radius 1 is 1.33 bits per heavy atom. The third-order valence-corrected chi connectivity index (χ3v) is 1.63. The van der Waals surface area contributed by atoms with Gasteiger partial charge in [0, 0.05) is 12.4 Å². The number of hydrogen-bond acceptors (Lipinski definition) is 2. The molecule has 0 N–H and O–H groups in total. The fourth-order valence-corrected chi connectivity index (χ4v) is 1.10. The van der Waals surface area contributed by atoms with E-state index in [1.54, 1.807) is 6.20 Å². The first kappa shape index (κ1) is 9.20. The van der Waals surface area contributed by atoms with E-state index in [4.69, 9.17) is 4.74 Å². The van der Waals surface area contributed by atoms with Crippen LogP contribution in [0.1, 0.15) is 32.4 Å². The number of nitrogens with zero attached hydrogens (tertiary/aromatic N) is 1. The highest BCUT2D eigenvalue weighted by Crippen LogP contribution is 2.16. The first-order valence-corrected chi connectivity index (χ1v) is 4.25. The number of hydrogen-bond donors (Lipinski definition) is 0. The van der Waals surface area contributed by atoms with Crippen LogP contribution in [0.15, 0.2) is 24.5 Å². The Kier molecular flexibility index (Phi) is 3.23. The van der Waals surface area contributed by atoms with Crippen molar-refractivity contribution in [3.05, 3.63) is 30.1 Å². The summed E-state index contributed by atoms with van der Waals surface area (Å²) in [6, 6.07) is 3.95. The van der Waals surface area contributed by atoms with Crippen molar-refractivity contribution < 1.29 is 4.74 Å². The molecule has 1 heterocycles. The molecule has 1 atom stereocenters. The molecular formula is C10H15NO. The molecular weight excluding hydrogens is 150 g/mol. The van der Waals surface area contributed by atoms with Crippen LogP contribution in [0.3, 0.4) is 0 Å². The maximum Gasteiger partial charge on any atom is 0.0815 e. The quantitative estimate of drug-likeness (QED) is 0.686. The molecule has 12 heavy (non-hydrogen) atoms. The van der Waals surface area contributed by atoms with E-state index in [1.165, 1.54) is 0 Å². The van der Waals surface area contributed by atoms with Crippen molar-refractivity contribution in [2.45, 2.75) is 33.0 Å². The molecule has 1 aromatic heterocycles. The van der Waals surface area contributed by atoms with E-state index < -0.39 is 0 Å². The van der Waals surface area contributed by atoms with Gasteiger partial charge >= 0.3 is 0 Å². The zero-order valence-electron chi connectivity index (χ0n) is 7.82. The highest BCUT2D eigenvalue weighted by Gasteiger charge is 2.06. The van der Waals surface area contributed by atoms with Crippen LogP contribution < -0.4 is 0 Å². The summed E-state index contributed by atoms with van der Waals surface area (Å²) in [5, 5.41) is 0. The number of ether oxygens (including phenoxy) is 1. The Morgan fingerprint density at radius 3 is 2.58 bits per heavy atom. The Labute approximate surface area is 73.6 Å². The SMILES string of the molecule is CC(C)O[C@@H](C)c1cccnc1. The first-order chi connectivity index (χ1) is 5.70. The summed E-state index contributed by atoms with van der Waals surface area (Å²) in [5.41, 5.74) is 1.13. The van der Waals surface area contributed by atoms with Gasteiger partial charge in [-0.2, -0.15) is 0 Å². The lowest BCUT2D eigenvalue weighted by Crippen LogP contribution is -2.07. The molecule has 0 aromatic carbocycles. The van der Waals surface area contributed by atoms with Crippen molar-refractivity contribution in [1.29, 1.82) is 0 Å². The molecule has 1 rings (SSSR count). The molecule has 0 radical (unpaired) electrons. The van der Waals surface area contributed by atoms with Gasteiger partial charge < -0.3 is 4.74 Å². The Morgan fingerprint density at radius 2 is 2.08 bits per heavy atom. The average Bonchev–Trinajstić information content (AvgIpc) is 2.05. The predicted octanol–water partition coefficient (Wildman–Crippen LogP) is 2.57. The predicted molar refractivity (Wildman–Crippen MR) is 48.9 cm³/mol. The van der Waals surface area contributed by atoms with E-state index in [1.807, 2.05) is 39.1 Å². The molecule has 0 spiro atoms. The van der Waals surface area contributed by atoms with Gasteiger partial charge in [-0.15, -0.1) is 0 Å². The second-order valence-electron chi connectivity index (χ2n) is 3.11. The zero-order chi connectivity index (χ0) is 8.97. The van der Waals surface area contributed by atoms with Crippen LogP contribution in [-0.2, 0) is 4.74 Å². The van der Waals surface area contributed by atoms with Crippen LogP contribution >= 0.6 is 0 Å². The molecule has 0 aliphatic rings. The second-order valence-corrected chi connectivity index (χ2v) is 3.11. The number of pyridine rings is 1. The van der Waals surface area contributed by atoms with Crippen molar-refractivity contribution in [3.63, 3.8) is 0 Å². The number of rotatable bonds is 3. The maximum atomic E-state index is 5.60. The Bertz CT molecular complexity index is 221. The first-order valence-electron chi connectivity index (χ1n) is 4.25. The lowest BCUT2D eigenvalue weighted by atomic mass is 10.2. The third-order valence-electron chi connectivity index (χ3n) is 1.63. The smallest absolute Gasteiger partial charge is 0.0815 e. The summed E-state index contributed by atoms with van der Waals surface area (Å²) in [7, 11) is 0. The lowest BCUT2D eigenvalue weighted by molar-refractivity contribution is 0.0177. The van der Waals surface area contributed by atoms with Gasteiger partial charge in [0.1, 0.15) is 0 Å². The van der Waals surface area contributed by atoms with Gasteiger partial charge in [-0.3, -0.25) is 4.98 Å². The van der Waals surface area contributed by atoms with Crippen molar-refractivity contribution in [2.75, 3.05) is 0 Å². The minimum Gasteiger partial charge on any atom is -0.371 e. The van der Waals surface area contributed by atoms with Crippen molar-refractivity contribution in [3.8, 4) is 0 Å². The van der Waals surface area contributed by atoms with Gasteiger partial charge in [0.25, 0.3) is 0 Å². The highest BCUT2D eigenvalue weighted by atomic mass is 16.5. The summed E-state index contributed by atoms with van der Waals surface area (Å²) >= 11 is 0. The van der Waals surface area contributed by atoms with Crippen LogP contribution in [0.25, 0.3) is 0 Å². The molecule has 66 valence electrons. The molecule has 0 unspecified atom stereocenters. The van der Waals surface area contributed by atoms with Gasteiger partial charge in [-0.05, 0) is 32.4 Å².